The Morgan fingerprint density at radius 1 is 1.17 bits per heavy atom. The molecule has 2 heterocycles. The molecule has 0 atom stereocenters. The van der Waals surface area contributed by atoms with Crippen molar-refractivity contribution in [1.29, 1.82) is 0 Å². The van der Waals surface area contributed by atoms with Gasteiger partial charge in [0.1, 0.15) is 0 Å². The highest BCUT2D eigenvalue weighted by molar-refractivity contribution is 5.83. The van der Waals surface area contributed by atoms with E-state index in [1.165, 1.54) is 0 Å². The van der Waals surface area contributed by atoms with Gasteiger partial charge in [0.2, 0.25) is 0 Å². The van der Waals surface area contributed by atoms with Crippen LogP contribution >= 0.6 is 0 Å². The van der Waals surface area contributed by atoms with Gasteiger partial charge in [0.05, 0.1) is 11.0 Å². The highest BCUT2D eigenvalue weighted by atomic mass is 16.2. The summed E-state index contributed by atoms with van der Waals surface area (Å²) < 4.78 is 1.79. The topological polar surface area (TPSA) is 80.6 Å². The summed E-state index contributed by atoms with van der Waals surface area (Å²) in [4.78, 5) is 34.2. The second-order valence-corrected chi connectivity index (χ2v) is 5.83. The van der Waals surface area contributed by atoms with Crippen LogP contribution in [0.25, 0.3) is 22.6 Å². The van der Waals surface area contributed by atoms with Gasteiger partial charge in [0.15, 0.2) is 11.5 Å². The van der Waals surface area contributed by atoms with Crippen LogP contribution in [0.2, 0.25) is 0 Å². The Morgan fingerprint density at radius 3 is 2.46 bits per heavy atom. The zero-order valence-corrected chi connectivity index (χ0v) is 13.3. The second-order valence-electron chi connectivity index (χ2n) is 5.83. The van der Waals surface area contributed by atoms with Gasteiger partial charge in [-0.05, 0) is 18.1 Å². The minimum atomic E-state index is -0.705. The molecule has 24 heavy (non-hydrogen) atoms. The fourth-order valence-corrected chi connectivity index (χ4v) is 2.63. The molecule has 0 radical (unpaired) electrons. The summed E-state index contributed by atoms with van der Waals surface area (Å²) >= 11 is 0. The predicted molar refractivity (Wildman–Crippen MR) is 91.7 cm³/mol. The molecule has 0 amide bonds. The van der Waals surface area contributed by atoms with Crippen molar-refractivity contribution >= 4 is 11.0 Å². The molecule has 1 aromatic carbocycles. The van der Waals surface area contributed by atoms with E-state index in [-0.39, 0.29) is 17.4 Å². The van der Waals surface area contributed by atoms with E-state index in [4.69, 9.17) is 12.8 Å². The van der Waals surface area contributed by atoms with E-state index in [0.29, 0.717) is 28.7 Å². The molecule has 0 aliphatic carbocycles. The van der Waals surface area contributed by atoms with Crippen LogP contribution in [0.3, 0.4) is 0 Å². The fraction of sp³-hybridized carbons (Fsp3) is 0.222. The molecule has 0 saturated heterocycles. The van der Waals surface area contributed by atoms with Gasteiger partial charge in [-0.15, -0.1) is 12.8 Å². The van der Waals surface area contributed by atoms with Gasteiger partial charge >= 0.3 is 5.69 Å². The zero-order valence-electron chi connectivity index (χ0n) is 13.3. The number of terminal acetylenes is 2. The van der Waals surface area contributed by atoms with Gasteiger partial charge in [-0.3, -0.25) is 9.78 Å². The van der Waals surface area contributed by atoms with Crippen LogP contribution < -0.4 is 11.2 Å². The van der Waals surface area contributed by atoms with Crippen LogP contribution in [0.5, 0.6) is 0 Å². The van der Waals surface area contributed by atoms with E-state index >= 15 is 0 Å². The number of aromatic amines is 1. The number of fused-ring (bicyclic) bond motifs is 2. The van der Waals surface area contributed by atoms with Gasteiger partial charge in [0.25, 0.3) is 5.56 Å². The maximum atomic E-state index is 12.1. The van der Waals surface area contributed by atoms with E-state index in [9.17, 15) is 9.59 Å². The number of aromatic nitrogens is 4. The zero-order chi connectivity index (χ0) is 17.4. The Morgan fingerprint density at radius 2 is 1.83 bits per heavy atom. The molecule has 0 bridgehead atoms. The lowest BCUT2D eigenvalue weighted by Crippen LogP contribution is -2.29. The SMILES string of the molecule is C#Cc1cc2nc3c(=O)[nH]c(=O)nc-3n(CC(C)C)c2cc1C#C. The normalized spacial score (nSPS) is 10.9. The third-order valence-electron chi connectivity index (χ3n) is 3.61. The van der Waals surface area contributed by atoms with Crippen molar-refractivity contribution in [2.45, 2.75) is 20.4 Å². The summed E-state index contributed by atoms with van der Waals surface area (Å²) in [6.45, 7) is 4.59. The third-order valence-corrected chi connectivity index (χ3v) is 3.61. The average Bonchev–Trinajstić information content (AvgIpc) is 2.54. The molecule has 6 heteroatoms. The van der Waals surface area contributed by atoms with Crippen LogP contribution in [0.4, 0.5) is 0 Å². The standard InChI is InChI=1S/C18H14N4O2/c1-5-11-7-13-14(8-12(11)6-2)22(9-10(3)4)16-15(19-13)17(23)21-18(24)20-16/h1-2,7-8,10H,9H2,3-4H3,(H,21,23,24). The number of benzene rings is 1. The lowest BCUT2D eigenvalue weighted by molar-refractivity contribution is 0.530. The number of hydrogen-bond donors (Lipinski definition) is 1. The van der Waals surface area contributed by atoms with E-state index in [2.05, 4.69) is 26.8 Å². The van der Waals surface area contributed by atoms with Gasteiger partial charge in [0, 0.05) is 17.7 Å². The number of rotatable bonds is 2. The Balaban J connectivity index is 2.55. The number of nitrogens with zero attached hydrogens (tertiary/aromatic N) is 3. The second kappa shape index (κ2) is 5.68. The lowest BCUT2D eigenvalue weighted by Gasteiger charge is -2.18. The molecular formula is C18H14N4O2. The molecule has 0 saturated carbocycles. The van der Waals surface area contributed by atoms with Gasteiger partial charge in [-0.2, -0.15) is 4.98 Å². The Bertz CT molecular complexity index is 1120. The molecule has 2 aliphatic rings. The Labute approximate surface area is 137 Å². The highest BCUT2D eigenvalue weighted by Crippen LogP contribution is 2.24. The van der Waals surface area contributed by atoms with E-state index in [1.54, 1.807) is 16.7 Å². The molecule has 2 aliphatic heterocycles. The van der Waals surface area contributed by atoms with Crippen LogP contribution in [0.15, 0.2) is 21.7 Å². The summed E-state index contributed by atoms with van der Waals surface area (Å²) in [5.74, 6) is 5.57. The largest absolute Gasteiger partial charge is 0.349 e. The van der Waals surface area contributed by atoms with E-state index in [0.717, 1.165) is 0 Å². The van der Waals surface area contributed by atoms with Crippen LogP contribution in [-0.2, 0) is 6.54 Å². The van der Waals surface area contributed by atoms with Crippen molar-refractivity contribution in [3.05, 3.63) is 44.1 Å². The van der Waals surface area contributed by atoms with Crippen molar-refractivity contribution in [3.8, 4) is 36.2 Å². The van der Waals surface area contributed by atoms with Crippen molar-refractivity contribution < 1.29 is 0 Å². The summed E-state index contributed by atoms with van der Waals surface area (Å²) in [6.07, 6.45) is 11.0. The highest BCUT2D eigenvalue weighted by Gasteiger charge is 2.20. The van der Waals surface area contributed by atoms with Crippen molar-refractivity contribution in [2.75, 3.05) is 0 Å². The first-order valence-electron chi connectivity index (χ1n) is 7.36. The smallest absolute Gasteiger partial charge is 0.322 e. The molecule has 0 aromatic heterocycles. The summed E-state index contributed by atoms with van der Waals surface area (Å²) in [7, 11) is 0. The Hall–Kier alpha value is -3.38. The fourth-order valence-electron chi connectivity index (χ4n) is 2.63. The Kier molecular flexibility index (Phi) is 3.67. The molecule has 0 unspecified atom stereocenters. The summed E-state index contributed by atoms with van der Waals surface area (Å²) in [6, 6.07) is 3.41. The maximum Gasteiger partial charge on any atom is 0.349 e. The molecule has 6 nitrogen and oxygen atoms in total. The molecule has 1 N–H and O–H groups in total. The maximum absolute atomic E-state index is 12.1. The van der Waals surface area contributed by atoms with Crippen molar-refractivity contribution in [1.82, 2.24) is 19.5 Å². The van der Waals surface area contributed by atoms with Crippen molar-refractivity contribution in [2.24, 2.45) is 5.92 Å². The molecule has 0 spiro atoms. The summed E-state index contributed by atoms with van der Waals surface area (Å²) in [5, 5.41) is 0. The molecule has 1 aromatic rings. The third kappa shape index (κ3) is 2.45. The van der Waals surface area contributed by atoms with Gasteiger partial charge in [-0.1, -0.05) is 25.7 Å². The first kappa shape index (κ1) is 15.5. The van der Waals surface area contributed by atoms with Crippen molar-refractivity contribution in [3.63, 3.8) is 0 Å². The van der Waals surface area contributed by atoms with Gasteiger partial charge < -0.3 is 4.57 Å². The van der Waals surface area contributed by atoms with Crippen LogP contribution in [0, 0.1) is 30.6 Å². The quantitative estimate of drug-likeness (QED) is 0.569. The van der Waals surface area contributed by atoms with E-state index in [1.807, 2.05) is 13.8 Å². The first-order chi connectivity index (χ1) is 11.4. The number of hydrogen-bond acceptors (Lipinski definition) is 4. The van der Waals surface area contributed by atoms with Crippen LogP contribution in [0.1, 0.15) is 25.0 Å². The van der Waals surface area contributed by atoms with E-state index < -0.39 is 11.2 Å². The molecule has 3 rings (SSSR count). The minimum Gasteiger partial charge on any atom is -0.322 e. The molecule has 118 valence electrons. The first-order valence-corrected chi connectivity index (χ1v) is 7.36. The monoisotopic (exact) mass is 318 g/mol. The number of nitrogens with one attached hydrogen (secondary N) is 1. The van der Waals surface area contributed by atoms with Crippen LogP contribution in [-0.4, -0.2) is 19.5 Å². The molecule has 0 fully saturated rings. The molecular weight excluding hydrogens is 304 g/mol. The lowest BCUT2D eigenvalue weighted by atomic mass is 10.1. The van der Waals surface area contributed by atoms with Gasteiger partial charge in [-0.25, -0.2) is 9.78 Å². The summed E-state index contributed by atoms with van der Waals surface area (Å²) in [5.41, 5.74) is 1.10. The average molecular weight is 318 g/mol. The number of H-pyrrole nitrogens is 1. The minimum absolute atomic E-state index is 0.0965. The predicted octanol–water partition coefficient (Wildman–Crippen LogP) is 1.20.